The highest BCUT2D eigenvalue weighted by atomic mass is 19.4. The molecule has 1 fully saturated rings. The number of carbonyl (C=O) groups is 2. The first kappa shape index (κ1) is 23.7. The van der Waals surface area contributed by atoms with Crippen molar-refractivity contribution in [3.05, 3.63) is 29.8 Å². The maximum absolute atomic E-state index is 12.2. The SMILES string of the molecule is CC[C@H]1CC[C@](CCc2ccc(OC)cc2)(C(=O)OC)N1.O=C(O)C(F)(F)F. The Balaban J connectivity index is 0.000000480. The third kappa shape index (κ3) is 6.70. The molecular weight excluding hydrogens is 379 g/mol. The fourth-order valence-corrected chi connectivity index (χ4v) is 3.07. The van der Waals surface area contributed by atoms with E-state index in [0.717, 1.165) is 37.9 Å². The van der Waals surface area contributed by atoms with Crippen molar-refractivity contribution in [2.24, 2.45) is 0 Å². The van der Waals surface area contributed by atoms with Gasteiger partial charge in [0, 0.05) is 6.04 Å². The number of nitrogens with one attached hydrogen (secondary N) is 1. The van der Waals surface area contributed by atoms with Gasteiger partial charge in [0.05, 0.1) is 14.2 Å². The van der Waals surface area contributed by atoms with Gasteiger partial charge >= 0.3 is 18.1 Å². The number of hydrogen-bond donors (Lipinski definition) is 2. The molecule has 0 amide bonds. The number of rotatable bonds is 6. The highest BCUT2D eigenvalue weighted by Gasteiger charge is 2.44. The molecule has 0 saturated carbocycles. The number of alkyl halides is 3. The first-order valence-corrected chi connectivity index (χ1v) is 8.87. The lowest BCUT2D eigenvalue weighted by Crippen LogP contribution is -2.50. The van der Waals surface area contributed by atoms with Gasteiger partial charge < -0.3 is 14.6 Å². The molecule has 0 bridgehead atoms. The van der Waals surface area contributed by atoms with E-state index in [-0.39, 0.29) is 5.97 Å². The molecule has 1 saturated heterocycles. The van der Waals surface area contributed by atoms with Crippen LogP contribution in [0.4, 0.5) is 13.2 Å². The standard InChI is InChI=1S/C17H25NO3.C2HF3O2/c1-4-14-10-12-17(18-14,16(19)21-3)11-9-13-5-7-15(20-2)8-6-13;3-2(4,5)1(6)7/h5-8,14,18H,4,9-12H2,1-3H3;(H,6,7)/t14-,17+;/m0./s1. The summed E-state index contributed by atoms with van der Waals surface area (Å²) in [6.45, 7) is 2.15. The van der Waals surface area contributed by atoms with Crippen LogP contribution in [0.25, 0.3) is 0 Å². The van der Waals surface area contributed by atoms with Crippen LogP contribution >= 0.6 is 0 Å². The molecule has 1 heterocycles. The second-order valence-electron chi connectivity index (χ2n) is 6.51. The predicted octanol–water partition coefficient (Wildman–Crippen LogP) is 3.33. The third-order valence-corrected chi connectivity index (χ3v) is 4.71. The summed E-state index contributed by atoms with van der Waals surface area (Å²) in [5.41, 5.74) is 0.691. The van der Waals surface area contributed by atoms with Gasteiger partial charge in [0.1, 0.15) is 11.3 Å². The number of esters is 1. The summed E-state index contributed by atoms with van der Waals surface area (Å²) in [7, 11) is 3.13. The second kappa shape index (κ2) is 10.3. The van der Waals surface area contributed by atoms with Crippen molar-refractivity contribution in [2.75, 3.05) is 14.2 Å². The molecule has 9 heteroatoms. The van der Waals surface area contributed by atoms with Gasteiger partial charge in [-0.15, -0.1) is 0 Å². The van der Waals surface area contributed by atoms with Gasteiger partial charge in [-0.1, -0.05) is 19.1 Å². The van der Waals surface area contributed by atoms with Gasteiger partial charge in [-0.2, -0.15) is 13.2 Å². The van der Waals surface area contributed by atoms with Crippen LogP contribution in [-0.4, -0.2) is 49.0 Å². The van der Waals surface area contributed by atoms with Crippen LogP contribution in [-0.2, 0) is 20.7 Å². The summed E-state index contributed by atoms with van der Waals surface area (Å²) in [4.78, 5) is 21.1. The van der Waals surface area contributed by atoms with Crippen molar-refractivity contribution >= 4 is 11.9 Å². The fraction of sp³-hybridized carbons (Fsp3) is 0.579. The van der Waals surface area contributed by atoms with Gasteiger partial charge in [-0.3, -0.25) is 10.1 Å². The van der Waals surface area contributed by atoms with Gasteiger partial charge in [-0.25, -0.2) is 4.79 Å². The zero-order valence-corrected chi connectivity index (χ0v) is 16.1. The number of hydrogen-bond acceptors (Lipinski definition) is 5. The molecule has 2 rings (SSSR count). The Morgan fingerprint density at radius 2 is 1.82 bits per heavy atom. The number of carboxylic acids is 1. The summed E-state index contributed by atoms with van der Waals surface area (Å²) >= 11 is 0. The van der Waals surface area contributed by atoms with Gasteiger partial charge in [0.2, 0.25) is 0 Å². The van der Waals surface area contributed by atoms with Crippen LogP contribution in [0, 0.1) is 0 Å². The van der Waals surface area contributed by atoms with Gasteiger partial charge in [0.15, 0.2) is 0 Å². The Hall–Kier alpha value is -2.29. The van der Waals surface area contributed by atoms with Crippen molar-refractivity contribution < 1.29 is 37.3 Å². The topological polar surface area (TPSA) is 84.9 Å². The number of benzene rings is 1. The minimum atomic E-state index is -5.08. The van der Waals surface area contributed by atoms with Crippen LogP contribution in [0.3, 0.4) is 0 Å². The van der Waals surface area contributed by atoms with E-state index in [9.17, 15) is 18.0 Å². The molecule has 2 atom stereocenters. The van der Waals surface area contributed by atoms with E-state index >= 15 is 0 Å². The maximum atomic E-state index is 12.2. The Kier molecular flexibility index (Phi) is 8.74. The van der Waals surface area contributed by atoms with Crippen LogP contribution in [0.5, 0.6) is 5.75 Å². The summed E-state index contributed by atoms with van der Waals surface area (Å²) in [6, 6.07) is 8.43. The molecule has 28 heavy (non-hydrogen) atoms. The molecular formula is C19H26F3NO5. The highest BCUT2D eigenvalue weighted by molar-refractivity contribution is 5.81. The average molecular weight is 405 g/mol. The predicted molar refractivity (Wildman–Crippen MR) is 96.2 cm³/mol. The third-order valence-electron chi connectivity index (χ3n) is 4.71. The van der Waals surface area contributed by atoms with Gasteiger partial charge in [0.25, 0.3) is 0 Å². The van der Waals surface area contributed by atoms with Crippen molar-refractivity contribution in [1.29, 1.82) is 0 Å². The van der Waals surface area contributed by atoms with E-state index in [1.165, 1.54) is 12.7 Å². The number of aryl methyl sites for hydroxylation is 1. The van der Waals surface area contributed by atoms with E-state index in [2.05, 4.69) is 24.4 Å². The van der Waals surface area contributed by atoms with E-state index in [1.54, 1.807) is 7.11 Å². The normalized spacial score (nSPS) is 21.4. The molecule has 6 nitrogen and oxygen atoms in total. The molecule has 0 radical (unpaired) electrons. The lowest BCUT2D eigenvalue weighted by molar-refractivity contribution is -0.192. The molecule has 1 aliphatic heterocycles. The Labute approximate surface area is 162 Å². The average Bonchev–Trinajstić information content (AvgIpc) is 3.10. The quantitative estimate of drug-likeness (QED) is 0.707. The van der Waals surface area contributed by atoms with E-state index in [0.29, 0.717) is 6.04 Å². The van der Waals surface area contributed by atoms with Gasteiger partial charge in [-0.05, 0) is 49.8 Å². The molecule has 0 aliphatic carbocycles. The maximum Gasteiger partial charge on any atom is 0.490 e. The number of methoxy groups -OCH3 is 2. The minimum absolute atomic E-state index is 0.132. The Bertz CT molecular complexity index is 648. The highest BCUT2D eigenvalue weighted by Crippen LogP contribution is 2.31. The van der Waals surface area contributed by atoms with E-state index in [1.807, 2.05) is 12.1 Å². The van der Waals surface area contributed by atoms with Crippen LogP contribution in [0.15, 0.2) is 24.3 Å². The second-order valence-corrected chi connectivity index (χ2v) is 6.51. The van der Waals surface area contributed by atoms with Crippen molar-refractivity contribution in [1.82, 2.24) is 5.32 Å². The monoisotopic (exact) mass is 405 g/mol. The lowest BCUT2D eigenvalue weighted by Gasteiger charge is -2.27. The van der Waals surface area contributed by atoms with Crippen LogP contribution < -0.4 is 10.1 Å². The summed E-state index contributed by atoms with van der Waals surface area (Å²) in [6.07, 6.45) is -0.533. The Morgan fingerprint density at radius 3 is 2.21 bits per heavy atom. The largest absolute Gasteiger partial charge is 0.497 e. The zero-order valence-electron chi connectivity index (χ0n) is 16.1. The molecule has 2 N–H and O–H groups in total. The summed E-state index contributed by atoms with van der Waals surface area (Å²) in [5.74, 6) is -2.04. The fourth-order valence-electron chi connectivity index (χ4n) is 3.07. The summed E-state index contributed by atoms with van der Waals surface area (Å²) < 4.78 is 41.9. The molecule has 0 aromatic heterocycles. The first-order chi connectivity index (χ1) is 13.1. The molecule has 1 aliphatic rings. The van der Waals surface area contributed by atoms with Crippen molar-refractivity contribution in [3.8, 4) is 5.75 Å². The number of carboxylic acid groups (broad SMARTS) is 1. The Morgan fingerprint density at radius 1 is 1.25 bits per heavy atom. The molecule has 158 valence electrons. The first-order valence-electron chi connectivity index (χ1n) is 8.87. The van der Waals surface area contributed by atoms with Crippen LogP contribution in [0.2, 0.25) is 0 Å². The number of halogens is 3. The zero-order chi connectivity index (χ0) is 21.4. The number of aliphatic carboxylic acids is 1. The number of ether oxygens (including phenoxy) is 2. The molecule has 1 aromatic carbocycles. The minimum Gasteiger partial charge on any atom is -0.497 e. The number of carbonyl (C=O) groups excluding carboxylic acids is 1. The molecule has 0 unspecified atom stereocenters. The van der Waals surface area contributed by atoms with E-state index < -0.39 is 17.7 Å². The smallest absolute Gasteiger partial charge is 0.490 e. The van der Waals surface area contributed by atoms with Crippen molar-refractivity contribution in [3.63, 3.8) is 0 Å². The molecule has 0 spiro atoms. The van der Waals surface area contributed by atoms with Crippen molar-refractivity contribution in [2.45, 2.75) is 56.8 Å². The van der Waals surface area contributed by atoms with Crippen LogP contribution in [0.1, 0.15) is 38.2 Å². The lowest BCUT2D eigenvalue weighted by atomic mass is 9.89. The molecule has 1 aromatic rings. The summed E-state index contributed by atoms with van der Waals surface area (Å²) in [5, 5.41) is 10.6. The van der Waals surface area contributed by atoms with E-state index in [4.69, 9.17) is 19.4 Å².